The van der Waals surface area contributed by atoms with Crippen LogP contribution in [0.15, 0.2) is 12.4 Å². The number of nitrogens with zero attached hydrogens (tertiary/aromatic N) is 1. The van der Waals surface area contributed by atoms with Crippen molar-refractivity contribution in [3.63, 3.8) is 0 Å². The minimum atomic E-state index is 0.840. The fourth-order valence-corrected chi connectivity index (χ4v) is 0.888. The van der Waals surface area contributed by atoms with E-state index in [1.807, 2.05) is 30.9 Å². The van der Waals surface area contributed by atoms with E-state index in [2.05, 4.69) is 0 Å². The van der Waals surface area contributed by atoms with Crippen molar-refractivity contribution in [3.05, 3.63) is 23.0 Å². The zero-order chi connectivity index (χ0) is 6.15. The van der Waals surface area contributed by atoms with Gasteiger partial charge >= 0.3 is 0 Å². The monoisotopic (exact) mass is 129 g/mol. The minimum absolute atomic E-state index is 0.840. The van der Waals surface area contributed by atoms with Crippen LogP contribution in [0.4, 0.5) is 0 Å². The molecule has 8 heavy (non-hydrogen) atoms. The van der Waals surface area contributed by atoms with Gasteiger partial charge in [0.1, 0.15) is 0 Å². The average Bonchev–Trinajstić information content (AvgIpc) is 1.85. The third kappa shape index (κ3) is 0.869. The molecule has 44 valence electrons. The van der Waals surface area contributed by atoms with Crippen molar-refractivity contribution in [2.24, 2.45) is 7.05 Å². The van der Waals surface area contributed by atoms with E-state index < -0.39 is 0 Å². The fraction of sp³-hybridized carbons (Fsp3) is 0.333. The summed E-state index contributed by atoms with van der Waals surface area (Å²) < 4.78 is 1.94. The predicted octanol–water partition coefficient (Wildman–Crippen LogP) is 1.99. The van der Waals surface area contributed by atoms with Gasteiger partial charge in [0.2, 0.25) is 0 Å². The molecule has 0 radical (unpaired) electrons. The summed E-state index contributed by atoms with van der Waals surface area (Å²) in [6.45, 7) is 1.99. The van der Waals surface area contributed by atoms with Gasteiger partial charge in [0.15, 0.2) is 0 Å². The first-order valence-electron chi connectivity index (χ1n) is 2.48. The van der Waals surface area contributed by atoms with Crippen LogP contribution in [0.5, 0.6) is 0 Å². The molecule has 1 nitrogen and oxygen atoms in total. The second kappa shape index (κ2) is 1.82. The van der Waals surface area contributed by atoms with Crippen molar-refractivity contribution in [1.29, 1.82) is 0 Å². The van der Waals surface area contributed by atoms with Crippen LogP contribution in [0, 0.1) is 6.92 Å². The highest BCUT2D eigenvalue weighted by atomic mass is 35.5. The van der Waals surface area contributed by atoms with Gasteiger partial charge in [-0.25, -0.2) is 0 Å². The number of aryl methyl sites for hydroxylation is 2. The van der Waals surface area contributed by atoms with Crippen LogP contribution in [0.3, 0.4) is 0 Å². The molecule has 0 aliphatic carbocycles. The van der Waals surface area contributed by atoms with E-state index in [1.165, 1.54) is 0 Å². The zero-order valence-electron chi connectivity index (χ0n) is 4.98. The van der Waals surface area contributed by atoms with Crippen LogP contribution in [-0.2, 0) is 7.05 Å². The predicted molar refractivity (Wildman–Crippen MR) is 35.2 cm³/mol. The number of rotatable bonds is 0. The first-order valence-corrected chi connectivity index (χ1v) is 2.86. The molecule has 0 aromatic carbocycles. The fourth-order valence-electron chi connectivity index (χ4n) is 0.685. The molecule has 0 saturated heterocycles. The smallest absolute Gasteiger partial charge is 0.0611 e. The van der Waals surface area contributed by atoms with Gasteiger partial charge in [0, 0.05) is 19.4 Å². The quantitative estimate of drug-likeness (QED) is 0.505. The first-order chi connectivity index (χ1) is 3.70. The van der Waals surface area contributed by atoms with Gasteiger partial charge in [-0.2, -0.15) is 0 Å². The lowest BCUT2D eigenvalue weighted by atomic mass is 10.4. The standard InChI is InChI=1S/C6H8ClN/c1-5-3-8(2)4-6(5)7/h3-4H,1-2H3. The second-order valence-electron chi connectivity index (χ2n) is 1.95. The molecular weight excluding hydrogens is 122 g/mol. The highest BCUT2D eigenvalue weighted by Crippen LogP contribution is 2.13. The van der Waals surface area contributed by atoms with E-state index in [-0.39, 0.29) is 0 Å². The molecule has 0 saturated carbocycles. The Balaban J connectivity index is 3.14. The maximum atomic E-state index is 5.71. The Labute approximate surface area is 53.9 Å². The van der Waals surface area contributed by atoms with Crippen LogP contribution in [0.2, 0.25) is 5.02 Å². The summed E-state index contributed by atoms with van der Waals surface area (Å²) in [5.74, 6) is 0. The highest BCUT2D eigenvalue weighted by molar-refractivity contribution is 6.31. The van der Waals surface area contributed by atoms with Gasteiger partial charge < -0.3 is 4.57 Å². The Hall–Kier alpha value is -0.430. The van der Waals surface area contributed by atoms with Crippen molar-refractivity contribution in [1.82, 2.24) is 4.57 Å². The number of hydrogen-bond acceptors (Lipinski definition) is 0. The normalized spacial score (nSPS) is 9.88. The average molecular weight is 130 g/mol. The van der Waals surface area contributed by atoms with Gasteiger partial charge in [-0.1, -0.05) is 11.6 Å². The van der Waals surface area contributed by atoms with Crippen LogP contribution in [-0.4, -0.2) is 4.57 Å². The van der Waals surface area contributed by atoms with E-state index in [1.54, 1.807) is 0 Å². The lowest BCUT2D eigenvalue weighted by Crippen LogP contribution is -1.76. The second-order valence-corrected chi connectivity index (χ2v) is 2.36. The summed E-state index contributed by atoms with van der Waals surface area (Å²) in [5, 5.41) is 0.840. The largest absolute Gasteiger partial charge is 0.355 e. The van der Waals surface area contributed by atoms with Crippen LogP contribution in [0.25, 0.3) is 0 Å². The molecule has 0 aliphatic heterocycles. The van der Waals surface area contributed by atoms with Crippen LogP contribution >= 0.6 is 11.6 Å². The lowest BCUT2D eigenvalue weighted by Gasteiger charge is -1.80. The maximum Gasteiger partial charge on any atom is 0.0611 e. The Morgan fingerprint density at radius 2 is 2.12 bits per heavy atom. The molecule has 1 rings (SSSR count). The van der Waals surface area contributed by atoms with Gasteiger partial charge in [-0.3, -0.25) is 0 Å². The summed E-state index contributed by atoms with van der Waals surface area (Å²) in [7, 11) is 1.96. The third-order valence-electron chi connectivity index (χ3n) is 1.09. The van der Waals surface area contributed by atoms with Crippen molar-refractivity contribution < 1.29 is 0 Å². The van der Waals surface area contributed by atoms with E-state index in [0.29, 0.717) is 0 Å². The van der Waals surface area contributed by atoms with Gasteiger partial charge in [-0.05, 0) is 12.5 Å². The summed E-state index contributed by atoms with van der Waals surface area (Å²) >= 11 is 5.71. The third-order valence-corrected chi connectivity index (χ3v) is 1.49. The van der Waals surface area contributed by atoms with E-state index in [9.17, 15) is 0 Å². The topological polar surface area (TPSA) is 4.93 Å². The molecule has 2 heteroatoms. The van der Waals surface area contributed by atoms with E-state index >= 15 is 0 Å². The molecule has 0 aliphatic rings. The van der Waals surface area contributed by atoms with Crippen molar-refractivity contribution in [3.8, 4) is 0 Å². The maximum absolute atomic E-state index is 5.71. The minimum Gasteiger partial charge on any atom is -0.355 e. The molecule has 1 aromatic heterocycles. The number of aromatic nitrogens is 1. The van der Waals surface area contributed by atoms with Gasteiger partial charge in [0.25, 0.3) is 0 Å². The lowest BCUT2D eigenvalue weighted by molar-refractivity contribution is 0.925. The molecule has 1 heterocycles. The molecule has 1 aromatic rings. The number of hydrogen-bond donors (Lipinski definition) is 0. The SMILES string of the molecule is Cc1cn(C)cc1Cl. The zero-order valence-corrected chi connectivity index (χ0v) is 5.74. The van der Waals surface area contributed by atoms with Gasteiger partial charge in [-0.15, -0.1) is 0 Å². The van der Waals surface area contributed by atoms with Crippen LogP contribution < -0.4 is 0 Å². The van der Waals surface area contributed by atoms with Crippen LogP contribution in [0.1, 0.15) is 5.56 Å². The number of halogens is 1. The highest BCUT2D eigenvalue weighted by Gasteiger charge is 1.93. The Bertz CT molecular complexity index is 171. The van der Waals surface area contributed by atoms with Crippen molar-refractivity contribution in [2.75, 3.05) is 0 Å². The molecule has 0 fully saturated rings. The molecule has 0 atom stereocenters. The van der Waals surface area contributed by atoms with E-state index in [4.69, 9.17) is 11.6 Å². The van der Waals surface area contributed by atoms with E-state index in [0.717, 1.165) is 10.6 Å². The van der Waals surface area contributed by atoms with Gasteiger partial charge in [0.05, 0.1) is 5.02 Å². The molecular formula is C6H8ClN. The molecule has 0 spiro atoms. The molecule has 0 N–H and O–H groups in total. The Kier molecular flexibility index (Phi) is 1.30. The van der Waals surface area contributed by atoms with Crippen molar-refractivity contribution in [2.45, 2.75) is 6.92 Å². The Morgan fingerprint density at radius 3 is 2.25 bits per heavy atom. The molecule has 0 bridgehead atoms. The summed E-state index contributed by atoms with van der Waals surface area (Å²) in [6.07, 6.45) is 3.87. The summed E-state index contributed by atoms with van der Waals surface area (Å²) in [5.41, 5.74) is 1.13. The first kappa shape index (κ1) is 5.70. The molecule has 0 amide bonds. The van der Waals surface area contributed by atoms with Crippen molar-refractivity contribution >= 4 is 11.6 Å². The molecule has 0 unspecified atom stereocenters. The summed E-state index contributed by atoms with van der Waals surface area (Å²) in [4.78, 5) is 0. The Morgan fingerprint density at radius 1 is 1.50 bits per heavy atom. The summed E-state index contributed by atoms with van der Waals surface area (Å²) in [6, 6.07) is 0.